The van der Waals surface area contributed by atoms with Gasteiger partial charge < -0.3 is 5.41 Å². The number of nitrogens with one attached hydrogen (secondary N) is 1. The highest BCUT2D eigenvalue weighted by atomic mass is 14.3. The van der Waals surface area contributed by atoms with Crippen LogP contribution in [0.5, 0.6) is 0 Å². The highest BCUT2D eigenvalue weighted by Gasteiger charge is 1.97. The van der Waals surface area contributed by atoms with E-state index in [4.69, 9.17) is 5.41 Å². The van der Waals surface area contributed by atoms with Crippen LogP contribution in [0.4, 0.5) is 0 Å². The van der Waals surface area contributed by atoms with Gasteiger partial charge in [0.05, 0.1) is 0 Å². The number of hydrogen-bond acceptors (Lipinski definition) is 1. The molecule has 0 saturated heterocycles. The maximum Gasteiger partial charge on any atom is 0.0250 e. The molecule has 1 rings (SSSR count). The lowest BCUT2D eigenvalue weighted by Crippen LogP contribution is -1.86. The van der Waals surface area contributed by atoms with E-state index in [0.29, 0.717) is 0 Å². The van der Waals surface area contributed by atoms with Gasteiger partial charge in [0.1, 0.15) is 0 Å². The van der Waals surface area contributed by atoms with Crippen molar-refractivity contribution in [2.75, 3.05) is 0 Å². The fourth-order valence-electron chi connectivity index (χ4n) is 1.02. The van der Waals surface area contributed by atoms with Crippen molar-refractivity contribution in [3.8, 4) is 0 Å². The Labute approximate surface area is 73.3 Å². The van der Waals surface area contributed by atoms with Crippen LogP contribution in [-0.2, 0) is 0 Å². The Morgan fingerprint density at radius 1 is 1.33 bits per heavy atom. The lowest BCUT2D eigenvalue weighted by atomic mass is 10.0. The SMILES string of the molecule is C=C(C=N)c1ccc(C)c(C)c1. The Kier molecular flexibility index (Phi) is 2.44. The quantitative estimate of drug-likeness (QED) is 0.641. The summed E-state index contributed by atoms with van der Waals surface area (Å²) < 4.78 is 0. The Balaban J connectivity index is 3.13. The van der Waals surface area contributed by atoms with Gasteiger partial charge in [-0.1, -0.05) is 24.8 Å². The molecule has 0 spiro atoms. The number of allylic oxidation sites excluding steroid dienone is 1. The number of rotatable bonds is 2. The zero-order chi connectivity index (χ0) is 9.14. The van der Waals surface area contributed by atoms with Crippen molar-refractivity contribution in [2.24, 2.45) is 0 Å². The maximum absolute atomic E-state index is 7.05. The van der Waals surface area contributed by atoms with Gasteiger partial charge in [0, 0.05) is 6.21 Å². The lowest BCUT2D eigenvalue weighted by molar-refractivity contribution is 1.33. The monoisotopic (exact) mass is 159 g/mol. The van der Waals surface area contributed by atoms with E-state index in [-0.39, 0.29) is 0 Å². The van der Waals surface area contributed by atoms with Crippen LogP contribution in [0.2, 0.25) is 0 Å². The molecule has 0 aliphatic rings. The van der Waals surface area contributed by atoms with Crippen LogP contribution in [-0.4, -0.2) is 6.21 Å². The van der Waals surface area contributed by atoms with Crippen molar-refractivity contribution in [3.63, 3.8) is 0 Å². The van der Waals surface area contributed by atoms with Crippen molar-refractivity contribution in [1.29, 1.82) is 5.41 Å². The molecule has 1 aromatic carbocycles. The largest absolute Gasteiger partial charge is 0.308 e. The molecule has 62 valence electrons. The Hall–Kier alpha value is -1.37. The predicted molar refractivity (Wildman–Crippen MR) is 53.7 cm³/mol. The van der Waals surface area contributed by atoms with E-state index in [1.807, 2.05) is 6.07 Å². The zero-order valence-corrected chi connectivity index (χ0v) is 7.52. The predicted octanol–water partition coefficient (Wildman–Crippen LogP) is 2.97. The van der Waals surface area contributed by atoms with E-state index >= 15 is 0 Å². The van der Waals surface area contributed by atoms with Crippen molar-refractivity contribution < 1.29 is 0 Å². The third-order valence-electron chi connectivity index (χ3n) is 2.05. The van der Waals surface area contributed by atoms with Gasteiger partial charge in [0.25, 0.3) is 0 Å². The van der Waals surface area contributed by atoms with Crippen molar-refractivity contribution in [3.05, 3.63) is 41.5 Å². The minimum atomic E-state index is 0.762. The lowest BCUT2D eigenvalue weighted by Gasteiger charge is -2.03. The standard InChI is InChI=1S/C11H13N/c1-8-4-5-11(6-9(8)2)10(3)7-12/h4-7,12H,3H2,1-2H3. The molecule has 0 unspecified atom stereocenters. The molecule has 0 fully saturated rings. The second-order valence-electron chi connectivity index (χ2n) is 2.97. The van der Waals surface area contributed by atoms with Gasteiger partial charge in [-0.25, -0.2) is 0 Å². The second-order valence-corrected chi connectivity index (χ2v) is 2.97. The average molecular weight is 159 g/mol. The summed E-state index contributed by atoms with van der Waals surface area (Å²) in [6.07, 6.45) is 1.28. The molecule has 12 heavy (non-hydrogen) atoms. The van der Waals surface area contributed by atoms with Crippen molar-refractivity contribution in [2.45, 2.75) is 13.8 Å². The molecule has 1 nitrogen and oxygen atoms in total. The fourth-order valence-corrected chi connectivity index (χ4v) is 1.02. The summed E-state index contributed by atoms with van der Waals surface area (Å²) in [5.41, 5.74) is 4.32. The highest BCUT2D eigenvalue weighted by molar-refractivity contribution is 6.07. The first kappa shape index (κ1) is 8.72. The van der Waals surface area contributed by atoms with Crippen LogP contribution in [0.1, 0.15) is 16.7 Å². The number of benzene rings is 1. The Morgan fingerprint density at radius 2 is 2.00 bits per heavy atom. The van der Waals surface area contributed by atoms with Gasteiger partial charge in [-0.15, -0.1) is 0 Å². The fraction of sp³-hybridized carbons (Fsp3) is 0.182. The highest BCUT2D eigenvalue weighted by Crippen LogP contribution is 2.14. The first-order valence-electron chi connectivity index (χ1n) is 3.92. The molecule has 0 atom stereocenters. The average Bonchev–Trinajstić information content (AvgIpc) is 2.08. The summed E-state index contributed by atoms with van der Waals surface area (Å²) in [7, 11) is 0. The number of hydrogen-bond donors (Lipinski definition) is 1. The van der Waals surface area contributed by atoms with Crippen LogP contribution >= 0.6 is 0 Å². The molecule has 0 aromatic heterocycles. The molecule has 1 aromatic rings. The summed E-state index contributed by atoms with van der Waals surface area (Å²) in [6.45, 7) is 7.91. The maximum atomic E-state index is 7.05. The molecule has 0 amide bonds. The third-order valence-corrected chi connectivity index (χ3v) is 2.05. The van der Waals surface area contributed by atoms with Crippen molar-refractivity contribution >= 4 is 11.8 Å². The zero-order valence-electron chi connectivity index (χ0n) is 7.52. The molecule has 0 bridgehead atoms. The van der Waals surface area contributed by atoms with Gasteiger partial charge in [-0.2, -0.15) is 0 Å². The molecule has 0 aliphatic carbocycles. The molecular formula is C11H13N. The topological polar surface area (TPSA) is 23.9 Å². The van der Waals surface area contributed by atoms with E-state index in [0.717, 1.165) is 11.1 Å². The first-order valence-corrected chi connectivity index (χ1v) is 3.92. The van der Waals surface area contributed by atoms with E-state index in [1.165, 1.54) is 17.3 Å². The van der Waals surface area contributed by atoms with Gasteiger partial charge in [0.15, 0.2) is 0 Å². The molecular weight excluding hydrogens is 146 g/mol. The number of aryl methyl sites for hydroxylation is 2. The summed E-state index contributed by atoms with van der Waals surface area (Å²) in [6, 6.07) is 6.11. The van der Waals surface area contributed by atoms with E-state index < -0.39 is 0 Å². The van der Waals surface area contributed by atoms with Crippen molar-refractivity contribution in [1.82, 2.24) is 0 Å². The summed E-state index contributed by atoms with van der Waals surface area (Å²) in [4.78, 5) is 0. The summed E-state index contributed by atoms with van der Waals surface area (Å²) in [5.74, 6) is 0. The molecule has 0 aliphatic heterocycles. The Morgan fingerprint density at radius 3 is 2.50 bits per heavy atom. The van der Waals surface area contributed by atoms with Crippen LogP contribution in [0.15, 0.2) is 24.8 Å². The van der Waals surface area contributed by atoms with Crippen LogP contribution in [0.3, 0.4) is 0 Å². The third kappa shape index (κ3) is 1.62. The second kappa shape index (κ2) is 3.35. The molecule has 0 heterocycles. The Bertz CT molecular complexity index is 324. The molecule has 1 N–H and O–H groups in total. The minimum absolute atomic E-state index is 0.762. The van der Waals surface area contributed by atoms with Crippen LogP contribution in [0, 0.1) is 19.3 Å². The normalized spacial score (nSPS) is 9.50. The van der Waals surface area contributed by atoms with Crippen LogP contribution < -0.4 is 0 Å². The molecule has 0 saturated carbocycles. The summed E-state index contributed by atoms with van der Waals surface area (Å²) in [5, 5.41) is 7.05. The van der Waals surface area contributed by atoms with E-state index in [1.54, 1.807) is 0 Å². The smallest absolute Gasteiger partial charge is 0.0250 e. The van der Waals surface area contributed by atoms with Crippen LogP contribution in [0.25, 0.3) is 5.57 Å². The first-order chi connectivity index (χ1) is 5.65. The van der Waals surface area contributed by atoms with E-state index in [2.05, 4.69) is 32.6 Å². The van der Waals surface area contributed by atoms with Gasteiger partial charge >= 0.3 is 0 Å². The minimum Gasteiger partial charge on any atom is -0.308 e. The van der Waals surface area contributed by atoms with Gasteiger partial charge in [-0.05, 0) is 36.1 Å². The van der Waals surface area contributed by atoms with Gasteiger partial charge in [-0.3, -0.25) is 0 Å². The van der Waals surface area contributed by atoms with E-state index in [9.17, 15) is 0 Å². The van der Waals surface area contributed by atoms with Gasteiger partial charge in [0.2, 0.25) is 0 Å². The molecule has 0 radical (unpaired) electrons. The summed E-state index contributed by atoms with van der Waals surface area (Å²) >= 11 is 0. The molecule has 1 heteroatoms.